The van der Waals surface area contributed by atoms with Crippen LogP contribution in [0.15, 0.2) is 16.6 Å². The van der Waals surface area contributed by atoms with Gasteiger partial charge in [0.15, 0.2) is 0 Å². The van der Waals surface area contributed by atoms with Crippen LogP contribution in [0.2, 0.25) is 0 Å². The smallest absolute Gasteiger partial charge is 0.126 e. The van der Waals surface area contributed by atoms with Gasteiger partial charge >= 0.3 is 0 Å². The van der Waals surface area contributed by atoms with E-state index < -0.39 is 0 Å². The predicted molar refractivity (Wildman–Crippen MR) is 67.5 cm³/mol. The molecule has 2 N–H and O–H groups in total. The number of halogens is 1. The van der Waals surface area contributed by atoms with Crippen LogP contribution in [-0.2, 0) is 0 Å². The van der Waals surface area contributed by atoms with E-state index in [2.05, 4.69) is 41.9 Å². The first-order valence-electron chi connectivity index (χ1n) is 5.14. The lowest BCUT2D eigenvalue weighted by molar-refractivity contribution is 0.402. The summed E-state index contributed by atoms with van der Waals surface area (Å²) in [5.41, 5.74) is 7.98. The van der Waals surface area contributed by atoms with E-state index in [9.17, 15) is 0 Å². The Morgan fingerprint density at radius 2 is 2.13 bits per heavy atom. The van der Waals surface area contributed by atoms with Crippen molar-refractivity contribution >= 4 is 15.9 Å². The molecule has 1 rings (SSSR count). The molecular weight excluding hydrogens is 254 g/mol. The Hall–Kier alpha value is -0.540. The third-order valence-corrected chi connectivity index (χ3v) is 3.33. The Morgan fingerprint density at radius 1 is 1.47 bits per heavy atom. The van der Waals surface area contributed by atoms with Crippen molar-refractivity contribution in [2.45, 2.75) is 26.2 Å². The molecule has 1 unspecified atom stereocenters. The van der Waals surface area contributed by atoms with E-state index in [-0.39, 0.29) is 0 Å². The number of hydrogen-bond donors (Lipinski definition) is 1. The van der Waals surface area contributed by atoms with E-state index in [0.29, 0.717) is 12.5 Å². The molecule has 0 aromatic heterocycles. The van der Waals surface area contributed by atoms with Crippen LogP contribution in [0, 0.1) is 6.92 Å². The summed E-state index contributed by atoms with van der Waals surface area (Å²) in [4.78, 5) is 0. The van der Waals surface area contributed by atoms with Gasteiger partial charge in [-0.3, -0.25) is 0 Å². The lowest BCUT2D eigenvalue weighted by atomic mass is 9.95. The molecule has 0 saturated carbocycles. The Kier molecular flexibility index (Phi) is 4.61. The van der Waals surface area contributed by atoms with Crippen molar-refractivity contribution in [1.82, 2.24) is 0 Å². The lowest BCUT2D eigenvalue weighted by Gasteiger charge is -2.18. The molecule has 0 amide bonds. The minimum Gasteiger partial charge on any atom is -0.496 e. The Balaban J connectivity index is 3.18. The lowest BCUT2D eigenvalue weighted by Crippen LogP contribution is -2.07. The maximum Gasteiger partial charge on any atom is 0.126 e. The molecule has 1 aromatic rings. The molecule has 3 heteroatoms. The molecule has 0 heterocycles. The quantitative estimate of drug-likeness (QED) is 0.913. The first-order valence-corrected chi connectivity index (χ1v) is 5.94. The van der Waals surface area contributed by atoms with Gasteiger partial charge in [-0.2, -0.15) is 0 Å². The van der Waals surface area contributed by atoms with Gasteiger partial charge in [0.1, 0.15) is 5.75 Å². The van der Waals surface area contributed by atoms with Gasteiger partial charge in [0.2, 0.25) is 0 Å². The average Bonchev–Trinajstić information content (AvgIpc) is 2.21. The Morgan fingerprint density at radius 3 is 2.67 bits per heavy atom. The zero-order valence-electron chi connectivity index (χ0n) is 9.51. The van der Waals surface area contributed by atoms with E-state index in [0.717, 1.165) is 16.6 Å². The van der Waals surface area contributed by atoms with Gasteiger partial charge in [0, 0.05) is 10.0 Å². The normalized spacial score (nSPS) is 12.6. The summed E-state index contributed by atoms with van der Waals surface area (Å²) in [7, 11) is 1.72. The first kappa shape index (κ1) is 12.5. The van der Waals surface area contributed by atoms with E-state index >= 15 is 0 Å². The molecule has 1 atom stereocenters. The SMILES string of the molecule is COc1c(C)ccc(Br)c1C(C)CCN. The second-order valence-electron chi connectivity index (χ2n) is 3.79. The van der Waals surface area contributed by atoms with E-state index in [1.165, 1.54) is 11.1 Å². The number of methoxy groups -OCH3 is 1. The predicted octanol–water partition coefficient (Wildman–Crippen LogP) is 3.22. The number of aryl methyl sites for hydroxylation is 1. The summed E-state index contributed by atoms with van der Waals surface area (Å²) in [5, 5.41) is 0. The summed E-state index contributed by atoms with van der Waals surface area (Å²) >= 11 is 3.57. The molecule has 0 fully saturated rings. The van der Waals surface area contributed by atoms with Gasteiger partial charge in [-0.25, -0.2) is 0 Å². The summed E-state index contributed by atoms with van der Waals surface area (Å²) in [6.07, 6.45) is 0.971. The van der Waals surface area contributed by atoms with E-state index in [1.54, 1.807) is 7.11 Å². The highest BCUT2D eigenvalue weighted by atomic mass is 79.9. The molecule has 84 valence electrons. The first-order chi connectivity index (χ1) is 7.11. The Bertz CT molecular complexity index is 339. The zero-order valence-corrected chi connectivity index (χ0v) is 11.1. The number of ether oxygens (including phenoxy) is 1. The summed E-state index contributed by atoms with van der Waals surface area (Å²) in [6.45, 7) is 4.93. The van der Waals surface area contributed by atoms with Crippen molar-refractivity contribution in [3.05, 3.63) is 27.7 Å². The maximum absolute atomic E-state index is 5.59. The standard InChI is InChI=1S/C12H18BrNO/c1-8(6-7-14)11-10(13)5-4-9(2)12(11)15-3/h4-5,8H,6-7,14H2,1-3H3. The minimum absolute atomic E-state index is 0.416. The number of benzene rings is 1. The summed E-state index contributed by atoms with van der Waals surface area (Å²) < 4.78 is 6.56. The van der Waals surface area contributed by atoms with Crippen LogP contribution in [-0.4, -0.2) is 13.7 Å². The van der Waals surface area contributed by atoms with Crippen LogP contribution in [0.5, 0.6) is 5.75 Å². The van der Waals surface area contributed by atoms with Gasteiger partial charge in [-0.1, -0.05) is 28.9 Å². The molecule has 15 heavy (non-hydrogen) atoms. The van der Waals surface area contributed by atoms with Crippen molar-refractivity contribution in [3.63, 3.8) is 0 Å². The maximum atomic E-state index is 5.59. The van der Waals surface area contributed by atoms with Gasteiger partial charge < -0.3 is 10.5 Å². The van der Waals surface area contributed by atoms with Crippen molar-refractivity contribution in [1.29, 1.82) is 0 Å². The molecule has 1 aromatic carbocycles. The molecule has 0 saturated heterocycles. The van der Waals surface area contributed by atoms with Crippen LogP contribution in [0.4, 0.5) is 0 Å². The minimum atomic E-state index is 0.416. The number of hydrogen-bond acceptors (Lipinski definition) is 2. The summed E-state index contributed by atoms with van der Waals surface area (Å²) in [5.74, 6) is 1.39. The number of nitrogens with two attached hydrogens (primary N) is 1. The highest BCUT2D eigenvalue weighted by Crippen LogP contribution is 2.37. The van der Waals surface area contributed by atoms with Crippen molar-refractivity contribution in [2.75, 3.05) is 13.7 Å². The third-order valence-electron chi connectivity index (χ3n) is 2.64. The van der Waals surface area contributed by atoms with Crippen LogP contribution in [0.1, 0.15) is 30.4 Å². The second kappa shape index (κ2) is 5.52. The van der Waals surface area contributed by atoms with Crippen molar-refractivity contribution in [3.8, 4) is 5.75 Å². The topological polar surface area (TPSA) is 35.2 Å². The van der Waals surface area contributed by atoms with Gasteiger partial charge in [-0.05, 0) is 37.4 Å². The fourth-order valence-electron chi connectivity index (χ4n) is 1.81. The zero-order chi connectivity index (χ0) is 11.4. The van der Waals surface area contributed by atoms with Crippen molar-refractivity contribution in [2.24, 2.45) is 5.73 Å². The fourth-order valence-corrected chi connectivity index (χ4v) is 2.51. The Labute approximate surface area is 99.9 Å². The molecule has 0 radical (unpaired) electrons. The average molecular weight is 272 g/mol. The molecule has 0 aliphatic rings. The monoisotopic (exact) mass is 271 g/mol. The molecule has 0 bridgehead atoms. The number of rotatable bonds is 4. The third kappa shape index (κ3) is 2.73. The largest absolute Gasteiger partial charge is 0.496 e. The van der Waals surface area contributed by atoms with Crippen LogP contribution >= 0.6 is 15.9 Å². The van der Waals surface area contributed by atoms with Crippen LogP contribution < -0.4 is 10.5 Å². The van der Waals surface area contributed by atoms with Crippen LogP contribution in [0.25, 0.3) is 0 Å². The second-order valence-corrected chi connectivity index (χ2v) is 4.64. The van der Waals surface area contributed by atoms with Crippen LogP contribution in [0.3, 0.4) is 0 Å². The molecular formula is C12H18BrNO. The van der Waals surface area contributed by atoms with Gasteiger partial charge in [0.05, 0.1) is 7.11 Å². The van der Waals surface area contributed by atoms with Gasteiger partial charge in [0.25, 0.3) is 0 Å². The molecule has 0 spiro atoms. The summed E-state index contributed by atoms with van der Waals surface area (Å²) in [6, 6.07) is 4.13. The van der Waals surface area contributed by atoms with Crippen molar-refractivity contribution < 1.29 is 4.74 Å². The van der Waals surface area contributed by atoms with E-state index in [1.807, 2.05) is 0 Å². The molecule has 0 aliphatic carbocycles. The fraction of sp³-hybridized carbons (Fsp3) is 0.500. The highest BCUT2D eigenvalue weighted by Gasteiger charge is 2.16. The van der Waals surface area contributed by atoms with E-state index in [4.69, 9.17) is 10.5 Å². The highest BCUT2D eigenvalue weighted by molar-refractivity contribution is 9.10. The molecule has 2 nitrogen and oxygen atoms in total. The molecule has 0 aliphatic heterocycles. The van der Waals surface area contributed by atoms with Gasteiger partial charge in [-0.15, -0.1) is 0 Å².